The number of ether oxygens (including phenoxy) is 2. The molecular formula is C22H27F3N4O2. The fourth-order valence-corrected chi connectivity index (χ4v) is 3.38. The van der Waals surface area contributed by atoms with E-state index in [1.54, 1.807) is 28.9 Å². The number of hydrogen-bond acceptors (Lipinski definition) is 5. The number of halogens is 3. The minimum Gasteiger partial charge on any atom is -0.474 e. The second-order valence-electron chi connectivity index (χ2n) is 7.26. The van der Waals surface area contributed by atoms with E-state index in [4.69, 9.17) is 4.74 Å². The van der Waals surface area contributed by atoms with Crippen LogP contribution in [0.1, 0.15) is 33.6 Å². The van der Waals surface area contributed by atoms with Gasteiger partial charge in [0, 0.05) is 11.6 Å². The van der Waals surface area contributed by atoms with Crippen molar-refractivity contribution >= 4 is 5.65 Å². The number of nitrogens with zero attached hydrogens (tertiary/aromatic N) is 4. The average Bonchev–Trinajstić information content (AvgIpc) is 3.13. The van der Waals surface area contributed by atoms with Gasteiger partial charge in [0.25, 0.3) is 0 Å². The molecule has 6 nitrogen and oxygen atoms in total. The Morgan fingerprint density at radius 2 is 1.90 bits per heavy atom. The number of fused-ring (bicyclic) bond motifs is 1. The van der Waals surface area contributed by atoms with Crippen LogP contribution in [0.2, 0.25) is 0 Å². The highest BCUT2D eigenvalue weighted by atomic mass is 19.4. The maximum atomic E-state index is 12.5. The summed E-state index contributed by atoms with van der Waals surface area (Å²) in [6.45, 7) is 9.38. The first-order valence-corrected chi connectivity index (χ1v) is 10.4. The lowest BCUT2D eigenvalue weighted by Crippen LogP contribution is -2.25. The third-order valence-corrected chi connectivity index (χ3v) is 5.00. The van der Waals surface area contributed by atoms with Crippen LogP contribution in [0, 0.1) is 0 Å². The van der Waals surface area contributed by atoms with Crippen molar-refractivity contribution in [1.82, 2.24) is 19.5 Å². The monoisotopic (exact) mass is 436 g/mol. The van der Waals surface area contributed by atoms with Gasteiger partial charge in [0.15, 0.2) is 5.65 Å². The largest absolute Gasteiger partial charge is 0.573 e. The van der Waals surface area contributed by atoms with Crippen LogP contribution < -0.4 is 9.47 Å². The molecular weight excluding hydrogens is 409 g/mol. The molecule has 9 heteroatoms. The summed E-state index contributed by atoms with van der Waals surface area (Å²) in [7, 11) is 0. The number of rotatable bonds is 10. The third-order valence-electron chi connectivity index (χ3n) is 5.00. The molecule has 0 aliphatic rings. The number of imidazole rings is 1. The highest BCUT2D eigenvalue weighted by Crippen LogP contribution is 2.28. The van der Waals surface area contributed by atoms with E-state index in [1.165, 1.54) is 18.2 Å². The lowest BCUT2D eigenvalue weighted by atomic mass is 10.1. The molecule has 0 N–H and O–H groups in total. The van der Waals surface area contributed by atoms with Gasteiger partial charge in [0.05, 0.1) is 18.0 Å². The van der Waals surface area contributed by atoms with Crippen LogP contribution in [0.3, 0.4) is 0 Å². The van der Waals surface area contributed by atoms with E-state index < -0.39 is 6.36 Å². The lowest BCUT2D eigenvalue weighted by molar-refractivity contribution is -0.274. The standard InChI is InChI=1S/C22H27F3N4O2/c1-4-28(5-2)13-7-8-16(3)30-21-12-11-20-26-15-19(29(20)27-21)17-9-6-10-18(14-17)31-22(23,24)25/h6,9-12,14-16H,4-5,7-8,13H2,1-3H3. The third kappa shape index (κ3) is 6.33. The molecule has 1 aromatic carbocycles. The van der Waals surface area contributed by atoms with Crippen LogP contribution in [0.15, 0.2) is 42.6 Å². The minimum atomic E-state index is -4.75. The van der Waals surface area contributed by atoms with Gasteiger partial charge in [-0.05, 0) is 57.6 Å². The molecule has 0 aliphatic carbocycles. The molecule has 168 valence electrons. The van der Waals surface area contributed by atoms with Crippen molar-refractivity contribution in [2.24, 2.45) is 0 Å². The SMILES string of the molecule is CCN(CC)CCCC(C)Oc1ccc2ncc(-c3cccc(OC(F)(F)F)c3)n2n1. The summed E-state index contributed by atoms with van der Waals surface area (Å²) in [5.74, 6) is 0.138. The number of alkyl halides is 3. The van der Waals surface area contributed by atoms with Gasteiger partial charge >= 0.3 is 6.36 Å². The van der Waals surface area contributed by atoms with Crippen molar-refractivity contribution < 1.29 is 22.6 Å². The van der Waals surface area contributed by atoms with Crippen molar-refractivity contribution in [2.75, 3.05) is 19.6 Å². The molecule has 1 atom stereocenters. The number of benzene rings is 1. The molecule has 2 aromatic heterocycles. The van der Waals surface area contributed by atoms with Crippen LogP contribution >= 0.6 is 0 Å². The zero-order chi connectivity index (χ0) is 22.4. The molecule has 3 rings (SSSR count). The first-order chi connectivity index (χ1) is 14.8. The fraction of sp³-hybridized carbons (Fsp3) is 0.455. The summed E-state index contributed by atoms with van der Waals surface area (Å²) in [4.78, 5) is 6.65. The Morgan fingerprint density at radius 3 is 2.61 bits per heavy atom. The Balaban J connectivity index is 1.73. The van der Waals surface area contributed by atoms with Crippen molar-refractivity contribution in [1.29, 1.82) is 0 Å². The highest BCUT2D eigenvalue weighted by Gasteiger charge is 2.31. The fourth-order valence-electron chi connectivity index (χ4n) is 3.38. The number of aromatic nitrogens is 3. The highest BCUT2D eigenvalue weighted by molar-refractivity contribution is 5.64. The van der Waals surface area contributed by atoms with Crippen LogP contribution in [-0.4, -0.2) is 51.6 Å². The van der Waals surface area contributed by atoms with Crippen molar-refractivity contribution in [2.45, 2.75) is 46.1 Å². The normalized spacial score (nSPS) is 13.0. The van der Waals surface area contributed by atoms with Gasteiger partial charge in [-0.2, -0.15) is 0 Å². The van der Waals surface area contributed by atoms with E-state index >= 15 is 0 Å². The van der Waals surface area contributed by atoms with Gasteiger partial charge < -0.3 is 14.4 Å². The molecule has 0 spiro atoms. The van der Waals surface area contributed by atoms with Gasteiger partial charge in [-0.1, -0.05) is 26.0 Å². The predicted molar refractivity (Wildman–Crippen MR) is 112 cm³/mol. The molecule has 31 heavy (non-hydrogen) atoms. The second-order valence-corrected chi connectivity index (χ2v) is 7.26. The lowest BCUT2D eigenvalue weighted by Gasteiger charge is -2.19. The molecule has 1 unspecified atom stereocenters. The topological polar surface area (TPSA) is 51.9 Å². The molecule has 0 amide bonds. The Kier molecular flexibility index (Phi) is 7.37. The van der Waals surface area contributed by atoms with Crippen LogP contribution in [0.5, 0.6) is 11.6 Å². The molecule has 0 saturated carbocycles. The van der Waals surface area contributed by atoms with Gasteiger partial charge in [-0.25, -0.2) is 9.50 Å². The van der Waals surface area contributed by atoms with Crippen LogP contribution in [0.25, 0.3) is 16.9 Å². The van der Waals surface area contributed by atoms with E-state index in [1.807, 2.05) is 6.92 Å². The molecule has 0 fully saturated rings. The van der Waals surface area contributed by atoms with Crippen molar-refractivity contribution in [3.8, 4) is 22.9 Å². The van der Waals surface area contributed by atoms with E-state index in [-0.39, 0.29) is 11.9 Å². The Hall–Kier alpha value is -2.81. The summed E-state index contributed by atoms with van der Waals surface area (Å²) >= 11 is 0. The van der Waals surface area contributed by atoms with E-state index in [9.17, 15) is 13.2 Å². The summed E-state index contributed by atoms with van der Waals surface area (Å²) in [5, 5.41) is 4.49. The molecule has 2 heterocycles. The van der Waals surface area contributed by atoms with Crippen molar-refractivity contribution in [3.05, 3.63) is 42.6 Å². The average molecular weight is 436 g/mol. The smallest absolute Gasteiger partial charge is 0.474 e. The Labute approximate surface area is 179 Å². The zero-order valence-electron chi connectivity index (χ0n) is 17.9. The van der Waals surface area contributed by atoms with Crippen molar-refractivity contribution in [3.63, 3.8) is 0 Å². The molecule has 0 bridgehead atoms. The van der Waals surface area contributed by atoms with Crippen LogP contribution in [0.4, 0.5) is 13.2 Å². The maximum Gasteiger partial charge on any atom is 0.573 e. The zero-order valence-corrected chi connectivity index (χ0v) is 17.9. The summed E-state index contributed by atoms with van der Waals surface area (Å²) in [6, 6.07) is 9.25. The molecule has 3 aromatic rings. The number of hydrogen-bond donors (Lipinski definition) is 0. The van der Waals surface area contributed by atoms with Gasteiger partial charge in [0.2, 0.25) is 5.88 Å². The van der Waals surface area contributed by atoms with Crippen LogP contribution in [-0.2, 0) is 0 Å². The van der Waals surface area contributed by atoms with E-state index in [2.05, 4.69) is 33.6 Å². The quantitative estimate of drug-likeness (QED) is 0.438. The van der Waals surface area contributed by atoms with Gasteiger partial charge in [0.1, 0.15) is 5.75 Å². The predicted octanol–water partition coefficient (Wildman–Crippen LogP) is 5.18. The van der Waals surface area contributed by atoms with Gasteiger partial charge in [-0.3, -0.25) is 0 Å². The molecule has 0 radical (unpaired) electrons. The minimum absolute atomic E-state index is 0.0176. The maximum absolute atomic E-state index is 12.5. The molecule has 0 aliphatic heterocycles. The van der Waals surface area contributed by atoms with E-state index in [0.717, 1.165) is 32.5 Å². The summed E-state index contributed by atoms with van der Waals surface area (Å²) in [5.41, 5.74) is 1.62. The summed E-state index contributed by atoms with van der Waals surface area (Å²) in [6.07, 6.45) is -1.29. The Bertz CT molecular complexity index is 986. The van der Waals surface area contributed by atoms with E-state index in [0.29, 0.717) is 22.8 Å². The Morgan fingerprint density at radius 1 is 1.13 bits per heavy atom. The van der Waals surface area contributed by atoms with Gasteiger partial charge in [-0.15, -0.1) is 18.3 Å². The second kappa shape index (κ2) is 10.00. The summed E-state index contributed by atoms with van der Waals surface area (Å²) < 4.78 is 49.2. The molecule has 0 saturated heterocycles. The first kappa shape index (κ1) is 22.9. The first-order valence-electron chi connectivity index (χ1n) is 10.4.